The Balaban J connectivity index is 1.55. The van der Waals surface area contributed by atoms with Gasteiger partial charge in [0.15, 0.2) is 5.82 Å². The lowest BCUT2D eigenvalue weighted by molar-refractivity contribution is -0.115. The monoisotopic (exact) mass is 421 g/mol. The van der Waals surface area contributed by atoms with Gasteiger partial charge in [0, 0.05) is 29.1 Å². The van der Waals surface area contributed by atoms with Gasteiger partial charge in [-0.25, -0.2) is 0 Å². The van der Waals surface area contributed by atoms with Crippen molar-refractivity contribution in [3.05, 3.63) is 59.9 Å². The van der Waals surface area contributed by atoms with Crippen LogP contribution in [0.3, 0.4) is 0 Å². The van der Waals surface area contributed by atoms with Crippen LogP contribution in [-0.4, -0.2) is 32.3 Å². The highest BCUT2D eigenvalue weighted by molar-refractivity contribution is 8.00. The van der Waals surface area contributed by atoms with Crippen LogP contribution in [0.1, 0.15) is 35.4 Å². The van der Waals surface area contributed by atoms with Crippen LogP contribution in [0.4, 0.5) is 5.69 Å². The fourth-order valence-electron chi connectivity index (χ4n) is 3.56. The summed E-state index contributed by atoms with van der Waals surface area (Å²) in [5, 5.41) is 11.7. The third kappa shape index (κ3) is 4.54. The minimum absolute atomic E-state index is 0.123. The molecule has 2 aromatic carbocycles. The molecule has 8 heteroatoms. The quantitative estimate of drug-likeness (QED) is 0.593. The van der Waals surface area contributed by atoms with E-state index in [0.29, 0.717) is 16.1 Å². The second kappa shape index (κ2) is 9.13. The van der Waals surface area contributed by atoms with Crippen LogP contribution >= 0.6 is 11.8 Å². The van der Waals surface area contributed by atoms with Crippen LogP contribution in [0, 0.1) is 0 Å². The molecule has 0 spiro atoms. The van der Waals surface area contributed by atoms with Gasteiger partial charge >= 0.3 is 0 Å². The van der Waals surface area contributed by atoms with Crippen LogP contribution in [0.2, 0.25) is 0 Å². The van der Waals surface area contributed by atoms with Crippen LogP contribution in [0.5, 0.6) is 0 Å². The minimum Gasteiger partial charge on any atom is -0.369 e. The zero-order chi connectivity index (χ0) is 20.9. The van der Waals surface area contributed by atoms with E-state index in [1.165, 1.54) is 18.2 Å². The van der Waals surface area contributed by atoms with E-state index in [2.05, 4.69) is 20.1 Å². The summed E-state index contributed by atoms with van der Waals surface area (Å²) in [6, 6.07) is 14.8. The molecule has 0 unspecified atom stereocenters. The van der Waals surface area contributed by atoms with Gasteiger partial charge in [-0.05, 0) is 37.1 Å². The molecule has 7 nitrogen and oxygen atoms in total. The fourth-order valence-corrected chi connectivity index (χ4v) is 4.35. The Morgan fingerprint density at radius 2 is 1.93 bits per heavy atom. The maximum Gasteiger partial charge on any atom is 0.256 e. The maximum atomic E-state index is 12.9. The van der Waals surface area contributed by atoms with Crippen LogP contribution in [0.15, 0.2) is 53.4 Å². The molecule has 30 heavy (non-hydrogen) atoms. The number of primary amides is 1. The maximum absolute atomic E-state index is 12.9. The zero-order valence-electron chi connectivity index (χ0n) is 16.5. The van der Waals surface area contributed by atoms with E-state index in [1.54, 1.807) is 12.1 Å². The molecule has 154 valence electrons. The molecule has 1 aromatic heterocycles. The molecule has 4 rings (SSSR count). The van der Waals surface area contributed by atoms with E-state index in [0.717, 1.165) is 43.0 Å². The number of hydrogen-bond donors (Lipinski definition) is 2. The normalized spacial score (nSPS) is 13.3. The largest absolute Gasteiger partial charge is 0.369 e. The molecule has 0 aliphatic carbocycles. The Morgan fingerprint density at radius 3 is 2.80 bits per heavy atom. The highest BCUT2D eigenvalue weighted by Crippen LogP contribution is 2.26. The summed E-state index contributed by atoms with van der Waals surface area (Å²) in [5.74, 6) is 1.32. The molecule has 0 saturated heterocycles. The van der Waals surface area contributed by atoms with Crippen molar-refractivity contribution in [2.75, 3.05) is 11.1 Å². The molecule has 3 N–H and O–H groups in total. The van der Waals surface area contributed by atoms with Crippen molar-refractivity contribution in [1.82, 2.24) is 14.8 Å². The van der Waals surface area contributed by atoms with E-state index in [-0.39, 0.29) is 11.7 Å². The number of benzene rings is 2. The summed E-state index contributed by atoms with van der Waals surface area (Å²) in [6.45, 7) is 0.915. The number of anilines is 1. The second-order valence-electron chi connectivity index (χ2n) is 7.19. The summed E-state index contributed by atoms with van der Waals surface area (Å²) in [7, 11) is 0. The van der Waals surface area contributed by atoms with Crippen molar-refractivity contribution in [3.63, 3.8) is 0 Å². The first-order chi connectivity index (χ1) is 14.6. The topological polar surface area (TPSA) is 103 Å². The molecule has 1 aliphatic rings. The number of rotatable bonds is 6. The first-order valence-electron chi connectivity index (χ1n) is 9.96. The van der Waals surface area contributed by atoms with Crippen molar-refractivity contribution < 1.29 is 9.59 Å². The van der Waals surface area contributed by atoms with Gasteiger partial charge in [-0.1, -0.05) is 30.7 Å². The van der Waals surface area contributed by atoms with E-state index >= 15 is 0 Å². The van der Waals surface area contributed by atoms with E-state index < -0.39 is 5.91 Å². The number of aromatic nitrogens is 3. The predicted molar refractivity (Wildman–Crippen MR) is 117 cm³/mol. The molecule has 0 bridgehead atoms. The Labute approximate surface area is 179 Å². The smallest absolute Gasteiger partial charge is 0.256 e. The van der Waals surface area contributed by atoms with Crippen molar-refractivity contribution in [2.45, 2.75) is 37.1 Å². The van der Waals surface area contributed by atoms with Crippen molar-refractivity contribution in [3.8, 4) is 11.4 Å². The third-order valence-electron chi connectivity index (χ3n) is 4.99. The lowest BCUT2D eigenvalue weighted by Gasteiger charge is -2.11. The molecule has 0 saturated carbocycles. The predicted octanol–water partition coefficient (Wildman–Crippen LogP) is 3.50. The van der Waals surface area contributed by atoms with Crippen LogP contribution in [0.25, 0.3) is 11.4 Å². The number of amides is 2. The first-order valence-corrected chi connectivity index (χ1v) is 10.9. The number of nitrogens with two attached hydrogens (primary N) is 1. The Morgan fingerprint density at radius 1 is 1.07 bits per heavy atom. The van der Waals surface area contributed by atoms with Gasteiger partial charge in [-0.3, -0.25) is 9.59 Å². The lowest BCUT2D eigenvalue weighted by Crippen LogP contribution is -2.15. The molecule has 2 heterocycles. The molecular formula is C22H23N5O2S. The fraction of sp³-hybridized carbons (Fsp3) is 0.273. The minimum atomic E-state index is -0.421. The van der Waals surface area contributed by atoms with Gasteiger partial charge in [-0.2, -0.15) is 0 Å². The summed E-state index contributed by atoms with van der Waals surface area (Å²) in [4.78, 5) is 24.7. The van der Waals surface area contributed by atoms with Crippen LogP contribution in [-0.2, 0) is 17.8 Å². The van der Waals surface area contributed by atoms with Crippen molar-refractivity contribution in [2.24, 2.45) is 5.73 Å². The van der Waals surface area contributed by atoms with Gasteiger partial charge in [0.1, 0.15) is 5.82 Å². The molecule has 0 fully saturated rings. The first kappa shape index (κ1) is 20.2. The number of hydrogen-bond acceptors (Lipinski definition) is 5. The van der Waals surface area contributed by atoms with Gasteiger partial charge in [-0.15, -0.1) is 22.0 Å². The summed E-state index contributed by atoms with van der Waals surface area (Å²) >= 11 is 1.26. The number of aryl methyl sites for hydroxylation is 1. The second-order valence-corrected chi connectivity index (χ2v) is 8.21. The molecule has 3 aromatic rings. The standard InChI is InChI=1S/C22H23N5O2S/c23-19(28)14-30-18-10-4-3-9-17(18)22(29)24-16-8-6-7-15(13-16)21-26-25-20-11-2-1-5-12-27(20)21/h3-4,6-10,13H,1-2,5,11-12,14H2,(H2,23,28)(H,24,29). The van der Waals surface area contributed by atoms with E-state index in [1.807, 2.05) is 36.4 Å². The number of nitrogens with zero attached hydrogens (tertiary/aromatic N) is 3. The van der Waals surface area contributed by atoms with Gasteiger partial charge in [0.2, 0.25) is 5.91 Å². The molecular weight excluding hydrogens is 398 g/mol. The summed E-state index contributed by atoms with van der Waals surface area (Å²) in [5.41, 5.74) is 7.34. The third-order valence-corrected chi connectivity index (χ3v) is 6.09. The number of thioether (sulfide) groups is 1. The molecule has 2 amide bonds. The van der Waals surface area contributed by atoms with Crippen molar-refractivity contribution >= 4 is 29.3 Å². The average Bonchev–Trinajstić information content (AvgIpc) is 3.01. The number of nitrogens with one attached hydrogen (secondary N) is 1. The highest BCUT2D eigenvalue weighted by atomic mass is 32.2. The number of fused-ring (bicyclic) bond motifs is 1. The number of carbonyl (C=O) groups is 2. The van der Waals surface area contributed by atoms with E-state index in [4.69, 9.17) is 5.73 Å². The van der Waals surface area contributed by atoms with E-state index in [9.17, 15) is 9.59 Å². The molecule has 0 radical (unpaired) electrons. The van der Waals surface area contributed by atoms with Gasteiger partial charge < -0.3 is 15.6 Å². The zero-order valence-corrected chi connectivity index (χ0v) is 17.3. The Hall–Kier alpha value is -3.13. The Bertz CT molecular complexity index is 1080. The van der Waals surface area contributed by atoms with Gasteiger partial charge in [0.25, 0.3) is 5.91 Å². The summed E-state index contributed by atoms with van der Waals surface area (Å²) in [6.07, 6.45) is 4.41. The SMILES string of the molecule is NC(=O)CSc1ccccc1C(=O)Nc1cccc(-c2nnc3n2CCCCC3)c1. The molecule has 0 atom stereocenters. The van der Waals surface area contributed by atoms with Crippen LogP contribution < -0.4 is 11.1 Å². The number of carbonyl (C=O) groups excluding carboxylic acids is 2. The van der Waals surface area contributed by atoms with Gasteiger partial charge in [0.05, 0.1) is 11.3 Å². The average molecular weight is 422 g/mol. The molecule has 1 aliphatic heterocycles. The lowest BCUT2D eigenvalue weighted by atomic mass is 10.1. The Kier molecular flexibility index (Phi) is 6.13. The van der Waals surface area contributed by atoms with Crippen molar-refractivity contribution in [1.29, 1.82) is 0 Å². The highest BCUT2D eigenvalue weighted by Gasteiger charge is 2.17. The summed E-state index contributed by atoms with van der Waals surface area (Å²) < 4.78 is 2.18.